The zero-order valence-electron chi connectivity index (χ0n) is 6.05. The average Bonchev–Trinajstić information content (AvgIpc) is 1.12. The Balaban J connectivity index is -0.000000107. The van der Waals surface area contributed by atoms with E-state index < -0.39 is 15.0 Å². The van der Waals surface area contributed by atoms with Crippen LogP contribution in [0.15, 0.2) is 0 Å². The summed E-state index contributed by atoms with van der Waals surface area (Å²) in [4.78, 5) is 23.3. The first-order valence-electron chi connectivity index (χ1n) is 2.31. The van der Waals surface area contributed by atoms with Crippen LogP contribution in [0.4, 0.5) is 0 Å². The SMILES string of the molecule is C.CP(=O)(O)O.CP(C)(=O)O. The minimum Gasteiger partial charge on any atom is -0.345 e. The Bertz CT molecular complexity index is 129. The highest BCUT2D eigenvalue weighted by Gasteiger charge is 1.95. The Morgan fingerprint density at radius 1 is 0.909 bits per heavy atom. The highest BCUT2D eigenvalue weighted by molar-refractivity contribution is 7.56. The van der Waals surface area contributed by atoms with Crippen LogP contribution in [0.5, 0.6) is 0 Å². The number of hydrogen-bond donors (Lipinski definition) is 3. The third-order valence-corrected chi connectivity index (χ3v) is 0. The normalized spacial score (nSPS) is 10.7. The average molecular weight is 206 g/mol. The van der Waals surface area contributed by atoms with E-state index in [1.165, 1.54) is 13.3 Å². The molecule has 0 aliphatic heterocycles. The molecule has 0 aromatic carbocycles. The molecule has 0 unspecified atom stereocenters. The van der Waals surface area contributed by atoms with Crippen LogP contribution in [0.2, 0.25) is 0 Å². The topological polar surface area (TPSA) is 94.8 Å². The van der Waals surface area contributed by atoms with Crippen molar-refractivity contribution < 1.29 is 23.8 Å². The first-order chi connectivity index (χ1) is 4.00. The lowest BCUT2D eigenvalue weighted by molar-refractivity contribution is 0.381. The molecule has 0 bridgehead atoms. The van der Waals surface area contributed by atoms with Gasteiger partial charge in [0.25, 0.3) is 0 Å². The summed E-state index contributed by atoms with van der Waals surface area (Å²) >= 11 is 0. The molecule has 0 saturated heterocycles. The van der Waals surface area contributed by atoms with Gasteiger partial charge in [-0.1, -0.05) is 7.43 Å². The van der Waals surface area contributed by atoms with Gasteiger partial charge in [-0.25, -0.2) is 0 Å². The van der Waals surface area contributed by atoms with Crippen LogP contribution in [0.1, 0.15) is 7.43 Å². The molecule has 0 saturated carbocycles. The van der Waals surface area contributed by atoms with Crippen molar-refractivity contribution in [2.45, 2.75) is 7.43 Å². The molecule has 0 aliphatic carbocycles. The highest BCUT2D eigenvalue weighted by Crippen LogP contribution is 2.27. The van der Waals surface area contributed by atoms with Gasteiger partial charge in [0.2, 0.25) is 0 Å². The molecule has 0 fully saturated rings. The molecule has 0 heterocycles. The van der Waals surface area contributed by atoms with Crippen LogP contribution in [0.3, 0.4) is 0 Å². The molecule has 72 valence electrons. The molecule has 5 nitrogen and oxygen atoms in total. The van der Waals surface area contributed by atoms with Gasteiger partial charge in [-0.05, 0) is 0 Å². The minimum atomic E-state index is -3.64. The fourth-order valence-electron chi connectivity index (χ4n) is 0. The molecule has 0 atom stereocenters. The lowest BCUT2D eigenvalue weighted by Crippen LogP contribution is -1.64. The van der Waals surface area contributed by atoms with Crippen molar-refractivity contribution in [3.63, 3.8) is 0 Å². The second-order valence-electron chi connectivity index (χ2n) is 2.13. The molecule has 3 N–H and O–H groups in total. The molecule has 0 aromatic heterocycles. The van der Waals surface area contributed by atoms with E-state index in [0.717, 1.165) is 6.66 Å². The second-order valence-corrected chi connectivity index (χ2v) is 6.39. The van der Waals surface area contributed by atoms with Crippen molar-refractivity contribution in [3.05, 3.63) is 0 Å². The van der Waals surface area contributed by atoms with E-state index >= 15 is 0 Å². The van der Waals surface area contributed by atoms with E-state index in [4.69, 9.17) is 14.7 Å². The van der Waals surface area contributed by atoms with Crippen LogP contribution < -0.4 is 0 Å². The van der Waals surface area contributed by atoms with Gasteiger partial charge in [0.05, 0.1) is 0 Å². The molecular formula is C4H16O5P2. The third-order valence-electron chi connectivity index (χ3n) is 0. The van der Waals surface area contributed by atoms with Crippen LogP contribution in [-0.4, -0.2) is 34.7 Å². The Kier molecular flexibility index (Phi) is 9.39. The molecular weight excluding hydrogens is 190 g/mol. The van der Waals surface area contributed by atoms with E-state index in [9.17, 15) is 9.13 Å². The zero-order valence-corrected chi connectivity index (χ0v) is 7.84. The summed E-state index contributed by atoms with van der Waals surface area (Å²) in [6.07, 6.45) is 0. The molecule has 0 rings (SSSR count). The summed E-state index contributed by atoms with van der Waals surface area (Å²) < 4.78 is 19.1. The van der Waals surface area contributed by atoms with Crippen molar-refractivity contribution in [2.24, 2.45) is 0 Å². The summed E-state index contributed by atoms with van der Waals surface area (Å²) in [5.74, 6) is 0. The fraction of sp³-hybridized carbons (Fsp3) is 1.00. The lowest BCUT2D eigenvalue weighted by atomic mass is 11.9. The first-order valence-corrected chi connectivity index (χ1v) is 6.92. The maximum atomic E-state index is 9.77. The van der Waals surface area contributed by atoms with Gasteiger partial charge in [-0.3, -0.25) is 9.13 Å². The number of rotatable bonds is 0. The Labute approximate surface area is 67.1 Å². The third kappa shape index (κ3) is 6220. The maximum absolute atomic E-state index is 9.77. The molecule has 0 spiro atoms. The molecule has 11 heavy (non-hydrogen) atoms. The van der Waals surface area contributed by atoms with Gasteiger partial charge in [-0.15, -0.1) is 0 Å². The van der Waals surface area contributed by atoms with Gasteiger partial charge in [0.1, 0.15) is 0 Å². The minimum absolute atomic E-state index is 0. The van der Waals surface area contributed by atoms with Gasteiger partial charge in [0, 0.05) is 20.0 Å². The van der Waals surface area contributed by atoms with Crippen molar-refractivity contribution in [1.82, 2.24) is 0 Å². The predicted molar refractivity (Wildman–Crippen MR) is 46.4 cm³/mol. The number of hydrogen-bond acceptors (Lipinski definition) is 2. The van der Waals surface area contributed by atoms with Crippen molar-refractivity contribution >= 4 is 15.0 Å². The monoisotopic (exact) mass is 206 g/mol. The quantitative estimate of drug-likeness (QED) is 0.513. The van der Waals surface area contributed by atoms with Crippen LogP contribution in [0.25, 0.3) is 0 Å². The molecule has 0 amide bonds. The standard InChI is InChI=1S/C2H7O2P.CH5O3P.CH4/c2*1-5(2,3)4;/h1-2H3,(H,3,4);1H3,(H2,2,3,4);1H4. The Morgan fingerprint density at radius 3 is 0.909 bits per heavy atom. The van der Waals surface area contributed by atoms with E-state index in [0.29, 0.717) is 0 Å². The summed E-state index contributed by atoms with van der Waals surface area (Å²) in [5, 5.41) is 0. The zero-order chi connectivity index (χ0) is 9.00. The second kappa shape index (κ2) is 5.92. The van der Waals surface area contributed by atoms with Gasteiger partial charge < -0.3 is 14.7 Å². The van der Waals surface area contributed by atoms with E-state index in [-0.39, 0.29) is 7.43 Å². The van der Waals surface area contributed by atoms with Gasteiger partial charge in [0.15, 0.2) is 7.37 Å². The van der Waals surface area contributed by atoms with Crippen LogP contribution in [0, 0.1) is 0 Å². The van der Waals surface area contributed by atoms with Crippen molar-refractivity contribution in [2.75, 3.05) is 20.0 Å². The summed E-state index contributed by atoms with van der Waals surface area (Å²) in [5.41, 5.74) is 0. The molecule has 0 aromatic rings. The van der Waals surface area contributed by atoms with Crippen molar-refractivity contribution in [3.8, 4) is 0 Å². The lowest BCUT2D eigenvalue weighted by Gasteiger charge is -1.86. The molecule has 0 aliphatic rings. The Hall–Kier alpha value is 0.340. The fourth-order valence-corrected chi connectivity index (χ4v) is 0. The first kappa shape index (κ1) is 17.4. The smallest absolute Gasteiger partial charge is 0.322 e. The van der Waals surface area contributed by atoms with Gasteiger partial charge in [-0.2, -0.15) is 0 Å². The van der Waals surface area contributed by atoms with E-state index in [2.05, 4.69) is 0 Å². The molecule has 0 radical (unpaired) electrons. The Morgan fingerprint density at radius 2 is 0.909 bits per heavy atom. The van der Waals surface area contributed by atoms with Crippen LogP contribution >= 0.6 is 15.0 Å². The largest absolute Gasteiger partial charge is 0.345 e. The van der Waals surface area contributed by atoms with Crippen molar-refractivity contribution in [1.29, 1.82) is 0 Å². The summed E-state index contributed by atoms with van der Waals surface area (Å²) in [6.45, 7) is 3.45. The predicted octanol–water partition coefficient (Wildman–Crippen LogP) is 0.946. The summed E-state index contributed by atoms with van der Waals surface area (Å²) in [6, 6.07) is 0. The van der Waals surface area contributed by atoms with E-state index in [1.54, 1.807) is 0 Å². The highest BCUT2D eigenvalue weighted by atomic mass is 31.2. The summed E-state index contributed by atoms with van der Waals surface area (Å²) in [7, 11) is -6.28. The van der Waals surface area contributed by atoms with E-state index in [1.807, 2.05) is 0 Å². The van der Waals surface area contributed by atoms with Crippen LogP contribution in [-0.2, 0) is 9.13 Å². The maximum Gasteiger partial charge on any atom is 0.322 e. The molecule has 7 heteroatoms. The van der Waals surface area contributed by atoms with Gasteiger partial charge >= 0.3 is 7.60 Å².